The predicted octanol–water partition coefficient (Wildman–Crippen LogP) is 1.07. The smallest absolute Gasteiger partial charge is 0.311 e. The van der Waals surface area contributed by atoms with E-state index in [1.807, 2.05) is 6.92 Å². The molecule has 19 heavy (non-hydrogen) atoms. The number of carboxylic acids is 1. The Hall–Kier alpha value is -2.11. The summed E-state index contributed by atoms with van der Waals surface area (Å²) in [6.45, 7) is 3.82. The molecule has 4 N–H and O–H groups in total. The molecular formula is C13H17N3O3. The zero-order valence-electron chi connectivity index (χ0n) is 11.0. The van der Waals surface area contributed by atoms with Crippen molar-refractivity contribution in [3.05, 3.63) is 23.0 Å². The highest BCUT2D eigenvalue weighted by atomic mass is 16.4. The highest BCUT2D eigenvalue weighted by molar-refractivity contribution is 5.99. The number of carbonyl (C=O) groups is 2. The number of aryl methyl sites for hydroxylation is 2. The van der Waals surface area contributed by atoms with E-state index in [0.29, 0.717) is 36.3 Å². The number of amides is 1. The number of primary amides is 1. The number of carbonyl (C=O) groups excluding carboxylic acids is 1. The molecule has 2 rings (SSSR count). The van der Waals surface area contributed by atoms with E-state index in [1.165, 1.54) is 0 Å². The van der Waals surface area contributed by atoms with Crippen LogP contribution in [0.2, 0.25) is 0 Å². The normalized spacial score (nSPS) is 15.9. The lowest BCUT2D eigenvalue weighted by atomic mass is 10.1. The predicted molar refractivity (Wildman–Crippen MR) is 70.0 cm³/mol. The summed E-state index contributed by atoms with van der Waals surface area (Å²) in [5.74, 6) is -1.37. The number of carboxylic acid groups (broad SMARTS) is 1. The third-order valence-corrected chi connectivity index (χ3v) is 3.50. The Bertz CT molecular complexity index is 550. The summed E-state index contributed by atoms with van der Waals surface area (Å²) in [5.41, 5.74) is 6.84. The molecular weight excluding hydrogens is 246 g/mol. The molecule has 1 aliphatic rings. The molecule has 1 heterocycles. The molecule has 1 aliphatic carbocycles. The summed E-state index contributed by atoms with van der Waals surface area (Å²) >= 11 is 0. The second-order valence-electron chi connectivity index (χ2n) is 5.07. The Morgan fingerprint density at radius 2 is 2.11 bits per heavy atom. The van der Waals surface area contributed by atoms with Gasteiger partial charge in [0, 0.05) is 12.2 Å². The molecule has 1 saturated carbocycles. The van der Waals surface area contributed by atoms with E-state index >= 15 is 0 Å². The third kappa shape index (κ3) is 2.52. The van der Waals surface area contributed by atoms with Crippen molar-refractivity contribution in [3.8, 4) is 0 Å². The Labute approximate surface area is 111 Å². The fraction of sp³-hybridized carbons (Fsp3) is 0.462. The topological polar surface area (TPSA) is 105 Å². The van der Waals surface area contributed by atoms with Crippen LogP contribution in [0.5, 0.6) is 0 Å². The molecule has 0 unspecified atom stereocenters. The average Bonchev–Trinajstić information content (AvgIpc) is 3.05. The minimum atomic E-state index is -0.803. The van der Waals surface area contributed by atoms with Gasteiger partial charge < -0.3 is 16.2 Å². The first-order valence-corrected chi connectivity index (χ1v) is 6.11. The number of nitrogens with zero attached hydrogens (tertiary/aromatic N) is 1. The number of anilines is 1. The van der Waals surface area contributed by atoms with E-state index in [1.54, 1.807) is 13.0 Å². The molecule has 102 valence electrons. The first-order valence-electron chi connectivity index (χ1n) is 6.11. The largest absolute Gasteiger partial charge is 0.481 e. The molecule has 1 aromatic heterocycles. The molecule has 1 aromatic rings. The highest BCUT2D eigenvalue weighted by Gasteiger charge is 2.50. The fourth-order valence-electron chi connectivity index (χ4n) is 2.16. The summed E-state index contributed by atoms with van der Waals surface area (Å²) in [7, 11) is 0. The van der Waals surface area contributed by atoms with Crippen molar-refractivity contribution in [2.75, 3.05) is 11.9 Å². The summed E-state index contributed by atoms with van der Waals surface area (Å²) in [6, 6.07) is 1.71. The van der Waals surface area contributed by atoms with Gasteiger partial charge in [0.25, 0.3) is 5.91 Å². The van der Waals surface area contributed by atoms with Crippen LogP contribution in [0.1, 0.15) is 34.6 Å². The first kappa shape index (κ1) is 13.3. The molecule has 6 nitrogen and oxygen atoms in total. The van der Waals surface area contributed by atoms with Crippen molar-refractivity contribution in [2.24, 2.45) is 11.1 Å². The number of nitrogens with two attached hydrogens (primary N) is 1. The van der Waals surface area contributed by atoms with Crippen LogP contribution in [0.3, 0.4) is 0 Å². The van der Waals surface area contributed by atoms with Crippen molar-refractivity contribution in [1.29, 1.82) is 0 Å². The molecule has 0 bridgehead atoms. The van der Waals surface area contributed by atoms with E-state index < -0.39 is 17.3 Å². The number of aromatic nitrogens is 1. The van der Waals surface area contributed by atoms with Gasteiger partial charge in [-0.15, -0.1) is 0 Å². The minimum Gasteiger partial charge on any atom is -0.481 e. The Kier molecular flexibility index (Phi) is 3.18. The third-order valence-electron chi connectivity index (χ3n) is 3.50. The maximum absolute atomic E-state index is 11.5. The van der Waals surface area contributed by atoms with E-state index in [4.69, 9.17) is 10.8 Å². The molecule has 0 saturated heterocycles. The quantitative estimate of drug-likeness (QED) is 0.737. The number of hydrogen-bond donors (Lipinski definition) is 3. The lowest BCUT2D eigenvalue weighted by Gasteiger charge is -2.16. The van der Waals surface area contributed by atoms with Gasteiger partial charge >= 0.3 is 5.97 Å². The molecule has 0 spiro atoms. The van der Waals surface area contributed by atoms with Gasteiger partial charge in [0.15, 0.2) is 0 Å². The van der Waals surface area contributed by atoms with Crippen LogP contribution in [-0.2, 0) is 4.79 Å². The molecule has 0 radical (unpaired) electrons. The lowest BCUT2D eigenvalue weighted by Crippen LogP contribution is -2.26. The van der Waals surface area contributed by atoms with Gasteiger partial charge in [-0.2, -0.15) is 0 Å². The molecule has 0 atom stereocenters. The van der Waals surface area contributed by atoms with Gasteiger partial charge in [0.2, 0.25) is 0 Å². The summed E-state index contributed by atoms with van der Waals surface area (Å²) in [5, 5.41) is 12.2. The van der Waals surface area contributed by atoms with Crippen molar-refractivity contribution < 1.29 is 14.7 Å². The van der Waals surface area contributed by atoms with Crippen molar-refractivity contribution >= 4 is 17.6 Å². The zero-order valence-corrected chi connectivity index (χ0v) is 11.0. The van der Waals surface area contributed by atoms with Gasteiger partial charge in [-0.1, -0.05) is 0 Å². The summed E-state index contributed by atoms with van der Waals surface area (Å²) in [4.78, 5) is 26.8. The van der Waals surface area contributed by atoms with Crippen LogP contribution in [0.4, 0.5) is 5.69 Å². The van der Waals surface area contributed by atoms with E-state index in [0.717, 1.165) is 5.69 Å². The molecule has 0 aliphatic heterocycles. The maximum atomic E-state index is 11.5. The number of nitrogens with one attached hydrogen (secondary N) is 1. The van der Waals surface area contributed by atoms with Gasteiger partial charge in [-0.25, -0.2) is 0 Å². The van der Waals surface area contributed by atoms with E-state index in [-0.39, 0.29) is 0 Å². The monoisotopic (exact) mass is 263 g/mol. The van der Waals surface area contributed by atoms with Crippen LogP contribution in [0.15, 0.2) is 6.07 Å². The fourth-order valence-corrected chi connectivity index (χ4v) is 2.16. The Morgan fingerprint density at radius 1 is 1.47 bits per heavy atom. The number of hydrogen-bond acceptors (Lipinski definition) is 4. The van der Waals surface area contributed by atoms with Gasteiger partial charge in [0.1, 0.15) is 0 Å². The van der Waals surface area contributed by atoms with Crippen LogP contribution in [0, 0.1) is 19.3 Å². The zero-order chi connectivity index (χ0) is 14.2. The minimum absolute atomic E-state index is 0.297. The molecule has 6 heteroatoms. The van der Waals surface area contributed by atoms with Crippen molar-refractivity contribution in [1.82, 2.24) is 4.98 Å². The van der Waals surface area contributed by atoms with Crippen molar-refractivity contribution in [2.45, 2.75) is 26.7 Å². The average molecular weight is 263 g/mol. The van der Waals surface area contributed by atoms with E-state index in [9.17, 15) is 9.59 Å². The number of rotatable bonds is 5. The van der Waals surface area contributed by atoms with Crippen LogP contribution >= 0.6 is 0 Å². The summed E-state index contributed by atoms with van der Waals surface area (Å²) < 4.78 is 0. The standard InChI is InChI=1S/C13H17N3O3/c1-7-5-9(10(11(14)17)8(2)16-7)15-6-13(3-4-13)12(18)19/h5H,3-4,6H2,1-2H3,(H2,14,17)(H,15,16)(H,18,19). The molecule has 1 amide bonds. The second-order valence-corrected chi connectivity index (χ2v) is 5.07. The number of pyridine rings is 1. The van der Waals surface area contributed by atoms with Crippen LogP contribution < -0.4 is 11.1 Å². The van der Waals surface area contributed by atoms with Gasteiger partial charge in [-0.3, -0.25) is 14.6 Å². The first-order chi connectivity index (χ1) is 8.85. The SMILES string of the molecule is Cc1cc(NCC2(C(=O)O)CC2)c(C(N)=O)c(C)n1. The second kappa shape index (κ2) is 4.53. The highest BCUT2D eigenvalue weighted by Crippen LogP contribution is 2.46. The maximum Gasteiger partial charge on any atom is 0.311 e. The Morgan fingerprint density at radius 3 is 2.58 bits per heavy atom. The Balaban J connectivity index is 2.25. The number of aliphatic carboxylic acids is 1. The van der Waals surface area contributed by atoms with Crippen LogP contribution in [0.25, 0.3) is 0 Å². The summed E-state index contributed by atoms with van der Waals surface area (Å²) in [6.07, 6.45) is 1.31. The van der Waals surface area contributed by atoms with Gasteiger partial charge in [-0.05, 0) is 32.8 Å². The van der Waals surface area contributed by atoms with Crippen molar-refractivity contribution in [3.63, 3.8) is 0 Å². The molecule has 1 fully saturated rings. The van der Waals surface area contributed by atoms with Crippen LogP contribution in [-0.4, -0.2) is 28.5 Å². The molecule has 0 aromatic carbocycles. The lowest BCUT2D eigenvalue weighted by molar-refractivity contribution is -0.142. The van der Waals surface area contributed by atoms with E-state index in [2.05, 4.69) is 10.3 Å². The van der Waals surface area contributed by atoms with Gasteiger partial charge in [0.05, 0.1) is 22.4 Å².